The predicted octanol–water partition coefficient (Wildman–Crippen LogP) is 2.92. The fourth-order valence-electron chi connectivity index (χ4n) is 2.47. The number of nitrogens with zero attached hydrogens (tertiary/aromatic N) is 2. The molecule has 0 radical (unpaired) electrons. The zero-order valence-corrected chi connectivity index (χ0v) is 12.1. The highest BCUT2D eigenvalue weighted by Gasteiger charge is 2.04. The van der Waals surface area contributed by atoms with E-state index in [0.717, 1.165) is 11.4 Å². The van der Waals surface area contributed by atoms with Gasteiger partial charge in [-0.1, -0.05) is 24.3 Å². The number of para-hydroxylation sites is 1. The smallest absolute Gasteiger partial charge is 0.258 e. The second-order valence-corrected chi connectivity index (χ2v) is 5.13. The standard InChI is InChI=1S/C17H17N3O/c1-12-6-5-7-13(2)17(12)18-11-14-10-16(21)20-9-4-3-8-15(20)19-14/h3-10,18H,11H2,1-2H3. The van der Waals surface area contributed by atoms with Crippen LogP contribution < -0.4 is 10.9 Å². The highest BCUT2D eigenvalue weighted by atomic mass is 16.1. The maximum Gasteiger partial charge on any atom is 0.258 e. The van der Waals surface area contributed by atoms with Crippen LogP contribution in [0.5, 0.6) is 0 Å². The maximum atomic E-state index is 12.0. The number of pyridine rings is 1. The molecule has 0 fully saturated rings. The Balaban J connectivity index is 1.91. The number of aromatic nitrogens is 2. The van der Waals surface area contributed by atoms with Gasteiger partial charge in [0.15, 0.2) is 0 Å². The molecular weight excluding hydrogens is 262 g/mol. The first-order chi connectivity index (χ1) is 10.1. The third-order valence-corrected chi connectivity index (χ3v) is 3.55. The predicted molar refractivity (Wildman–Crippen MR) is 84.7 cm³/mol. The highest BCUT2D eigenvalue weighted by molar-refractivity contribution is 5.56. The number of rotatable bonds is 3. The Morgan fingerprint density at radius 1 is 1.10 bits per heavy atom. The molecule has 0 atom stereocenters. The van der Waals surface area contributed by atoms with Crippen molar-refractivity contribution in [2.45, 2.75) is 20.4 Å². The number of anilines is 1. The second kappa shape index (κ2) is 5.40. The summed E-state index contributed by atoms with van der Waals surface area (Å²) in [6.07, 6.45) is 1.73. The topological polar surface area (TPSA) is 46.4 Å². The first kappa shape index (κ1) is 13.4. The molecule has 2 aromatic heterocycles. The third-order valence-electron chi connectivity index (χ3n) is 3.55. The van der Waals surface area contributed by atoms with E-state index in [1.807, 2.05) is 24.3 Å². The van der Waals surface area contributed by atoms with Gasteiger partial charge < -0.3 is 5.32 Å². The second-order valence-electron chi connectivity index (χ2n) is 5.13. The summed E-state index contributed by atoms with van der Waals surface area (Å²) in [7, 11) is 0. The third kappa shape index (κ3) is 2.65. The summed E-state index contributed by atoms with van der Waals surface area (Å²) in [6.45, 7) is 4.67. The lowest BCUT2D eigenvalue weighted by Crippen LogP contribution is -2.16. The number of fused-ring (bicyclic) bond motifs is 1. The van der Waals surface area contributed by atoms with Gasteiger partial charge in [-0.2, -0.15) is 0 Å². The minimum Gasteiger partial charge on any atom is -0.379 e. The molecule has 106 valence electrons. The molecule has 4 nitrogen and oxygen atoms in total. The van der Waals surface area contributed by atoms with Crippen LogP contribution in [0.1, 0.15) is 16.8 Å². The highest BCUT2D eigenvalue weighted by Crippen LogP contribution is 2.19. The van der Waals surface area contributed by atoms with E-state index >= 15 is 0 Å². The average Bonchev–Trinajstić information content (AvgIpc) is 2.47. The van der Waals surface area contributed by atoms with Crippen LogP contribution in [0, 0.1) is 13.8 Å². The van der Waals surface area contributed by atoms with Crippen LogP contribution in [0.25, 0.3) is 5.65 Å². The van der Waals surface area contributed by atoms with Crippen LogP contribution in [0.15, 0.2) is 53.5 Å². The molecule has 0 saturated carbocycles. The van der Waals surface area contributed by atoms with E-state index in [2.05, 4.69) is 36.3 Å². The van der Waals surface area contributed by atoms with E-state index in [1.165, 1.54) is 11.1 Å². The van der Waals surface area contributed by atoms with Gasteiger partial charge in [0.05, 0.1) is 12.2 Å². The zero-order valence-electron chi connectivity index (χ0n) is 12.1. The van der Waals surface area contributed by atoms with Crippen LogP contribution in [0.3, 0.4) is 0 Å². The van der Waals surface area contributed by atoms with Gasteiger partial charge >= 0.3 is 0 Å². The van der Waals surface area contributed by atoms with Crippen molar-refractivity contribution in [1.29, 1.82) is 0 Å². The van der Waals surface area contributed by atoms with Gasteiger partial charge in [0.2, 0.25) is 0 Å². The lowest BCUT2D eigenvalue weighted by atomic mass is 10.1. The summed E-state index contributed by atoms with van der Waals surface area (Å²) in [5, 5.41) is 3.38. The van der Waals surface area contributed by atoms with Crippen LogP contribution in [-0.2, 0) is 6.54 Å². The molecule has 0 saturated heterocycles. The Morgan fingerprint density at radius 2 is 1.86 bits per heavy atom. The molecule has 4 heteroatoms. The Kier molecular flexibility index (Phi) is 3.44. The summed E-state index contributed by atoms with van der Waals surface area (Å²) in [6, 6.07) is 13.3. The van der Waals surface area contributed by atoms with Gasteiger partial charge in [-0.05, 0) is 37.1 Å². The van der Waals surface area contributed by atoms with Gasteiger partial charge in [-0.15, -0.1) is 0 Å². The van der Waals surface area contributed by atoms with Gasteiger partial charge in [0, 0.05) is 18.0 Å². The quantitative estimate of drug-likeness (QED) is 0.802. The van der Waals surface area contributed by atoms with E-state index in [1.54, 1.807) is 16.7 Å². The Bertz CT molecular complexity index is 832. The minimum atomic E-state index is -0.0566. The monoisotopic (exact) mass is 279 g/mol. The van der Waals surface area contributed by atoms with Crippen molar-refractivity contribution in [3.8, 4) is 0 Å². The first-order valence-electron chi connectivity index (χ1n) is 6.92. The summed E-state index contributed by atoms with van der Waals surface area (Å²) in [5.41, 5.74) is 4.84. The average molecular weight is 279 g/mol. The maximum absolute atomic E-state index is 12.0. The normalized spacial score (nSPS) is 10.8. The lowest BCUT2D eigenvalue weighted by molar-refractivity contribution is 0.969. The van der Waals surface area contributed by atoms with Crippen LogP contribution in [0.4, 0.5) is 5.69 Å². The van der Waals surface area contributed by atoms with Crippen molar-refractivity contribution in [1.82, 2.24) is 9.38 Å². The Labute approximate surface area is 123 Å². The van der Waals surface area contributed by atoms with Gasteiger partial charge in [0.1, 0.15) is 5.65 Å². The van der Waals surface area contributed by atoms with Crippen molar-refractivity contribution < 1.29 is 0 Å². The van der Waals surface area contributed by atoms with Gasteiger partial charge in [-0.3, -0.25) is 9.20 Å². The van der Waals surface area contributed by atoms with Crippen molar-refractivity contribution in [3.05, 3.63) is 75.8 Å². The van der Waals surface area contributed by atoms with Crippen molar-refractivity contribution in [2.24, 2.45) is 0 Å². The molecule has 0 aliphatic rings. The number of nitrogens with one attached hydrogen (secondary N) is 1. The number of benzene rings is 1. The number of aryl methyl sites for hydroxylation is 2. The summed E-state index contributed by atoms with van der Waals surface area (Å²) in [4.78, 5) is 16.6. The summed E-state index contributed by atoms with van der Waals surface area (Å²) in [5.74, 6) is 0. The molecule has 21 heavy (non-hydrogen) atoms. The van der Waals surface area contributed by atoms with E-state index in [9.17, 15) is 4.79 Å². The molecule has 0 aliphatic heterocycles. The van der Waals surface area contributed by atoms with Crippen molar-refractivity contribution in [3.63, 3.8) is 0 Å². The fourth-order valence-corrected chi connectivity index (χ4v) is 2.47. The van der Waals surface area contributed by atoms with Gasteiger partial charge in [0.25, 0.3) is 5.56 Å². The SMILES string of the molecule is Cc1cccc(C)c1NCc1cc(=O)n2ccccc2n1. The first-order valence-corrected chi connectivity index (χ1v) is 6.92. The van der Waals surface area contributed by atoms with Crippen LogP contribution in [0.2, 0.25) is 0 Å². The molecule has 1 aromatic carbocycles. The van der Waals surface area contributed by atoms with Crippen LogP contribution in [-0.4, -0.2) is 9.38 Å². The molecule has 0 spiro atoms. The molecule has 3 rings (SSSR count). The number of hydrogen-bond donors (Lipinski definition) is 1. The Hall–Kier alpha value is -2.62. The molecule has 0 aliphatic carbocycles. The molecular formula is C17H17N3O. The van der Waals surface area contributed by atoms with Crippen molar-refractivity contribution in [2.75, 3.05) is 5.32 Å². The molecule has 0 amide bonds. The van der Waals surface area contributed by atoms with Crippen LogP contribution >= 0.6 is 0 Å². The molecule has 2 heterocycles. The molecule has 0 bridgehead atoms. The van der Waals surface area contributed by atoms with E-state index in [4.69, 9.17) is 0 Å². The Morgan fingerprint density at radius 3 is 2.62 bits per heavy atom. The van der Waals surface area contributed by atoms with E-state index in [0.29, 0.717) is 12.2 Å². The van der Waals surface area contributed by atoms with E-state index in [-0.39, 0.29) is 5.56 Å². The molecule has 0 unspecified atom stereocenters. The van der Waals surface area contributed by atoms with Crippen molar-refractivity contribution >= 4 is 11.3 Å². The van der Waals surface area contributed by atoms with Gasteiger partial charge in [-0.25, -0.2) is 4.98 Å². The minimum absolute atomic E-state index is 0.0566. The largest absolute Gasteiger partial charge is 0.379 e. The zero-order chi connectivity index (χ0) is 14.8. The van der Waals surface area contributed by atoms with E-state index < -0.39 is 0 Å². The summed E-state index contributed by atoms with van der Waals surface area (Å²) < 4.78 is 1.54. The molecule has 3 aromatic rings. The lowest BCUT2D eigenvalue weighted by Gasteiger charge is -2.12. The number of hydrogen-bond acceptors (Lipinski definition) is 3. The fraction of sp³-hybridized carbons (Fsp3) is 0.176. The summed E-state index contributed by atoms with van der Waals surface area (Å²) >= 11 is 0. The molecule has 1 N–H and O–H groups in total.